The van der Waals surface area contributed by atoms with Crippen LogP contribution in [0.3, 0.4) is 0 Å². The molecule has 6 nitrogen and oxygen atoms in total. The molecule has 1 heterocycles. The molecule has 0 saturated heterocycles. The van der Waals surface area contributed by atoms with Crippen LogP contribution >= 0.6 is 11.6 Å². The normalized spacial score (nSPS) is 10.2. The van der Waals surface area contributed by atoms with E-state index in [1.165, 1.54) is 18.3 Å². The third-order valence-corrected chi connectivity index (χ3v) is 2.78. The van der Waals surface area contributed by atoms with E-state index >= 15 is 0 Å². The number of nitrogens with zero attached hydrogens (tertiary/aromatic N) is 2. The van der Waals surface area contributed by atoms with E-state index in [1.54, 1.807) is 0 Å². The zero-order chi connectivity index (χ0) is 15.6. The molecule has 0 bridgehead atoms. The average Bonchev–Trinajstić information content (AvgIpc) is 2.43. The number of pyridine rings is 1. The summed E-state index contributed by atoms with van der Waals surface area (Å²) in [5, 5.41) is 13.1. The van der Waals surface area contributed by atoms with E-state index in [-0.39, 0.29) is 10.8 Å². The number of halogens is 3. The largest absolute Gasteiger partial charge is 0.305 e. The monoisotopic (exact) mass is 313 g/mol. The van der Waals surface area contributed by atoms with Crippen molar-refractivity contribution in [2.24, 2.45) is 0 Å². The lowest BCUT2D eigenvalue weighted by atomic mass is 10.1. The molecule has 1 amide bonds. The molecular formula is C12H6ClF2N3O3. The van der Waals surface area contributed by atoms with Gasteiger partial charge in [-0.3, -0.25) is 14.9 Å². The van der Waals surface area contributed by atoms with Crippen LogP contribution in [0, 0.1) is 21.7 Å². The van der Waals surface area contributed by atoms with E-state index < -0.39 is 33.7 Å². The summed E-state index contributed by atoms with van der Waals surface area (Å²) in [6.45, 7) is 0. The Balaban J connectivity index is 2.42. The summed E-state index contributed by atoms with van der Waals surface area (Å²) in [6.07, 6.45) is 1.33. The summed E-state index contributed by atoms with van der Waals surface area (Å²) < 4.78 is 26.2. The fraction of sp³-hybridized carbons (Fsp3) is 0. The first-order valence-electron chi connectivity index (χ1n) is 5.45. The molecule has 0 aliphatic rings. The number of nitrogens with one attached hydrogen (secondary N) is 1. The van der Waals surface area contributed by atoms with Crippen molar-refractivity contribution in [3.63, 3.8) is 0 Å². The minimum atomic E-state index is -1.42. The molecule has 1 N–H and O–H groups in total. The highest BCUT2D eigenvalue weighted by atomic mass is 35.5. The summed E-state index contributed by atoms with van der Waals surface area (Å²) in [4.78, 5) is 25.5. The van der Waals surface area contributed by atoms with Crippen molar-refractivity contribution in [3.8, 4) is 0 Å². The third-order valence-electron chi connectivity index (χ3n) is 2.47. The maximum Gasteiger partial charge on any atom is 0.285 e. The predicted octanol–water partition coefficient (Wildman–Crippen LogP) is 3.17. The first kappa shape index (κ1) is 14.8. The Labute approximate surface area is 121 Å². The molecule has 2 rings (SSSR count). The summed E-state index contributed by atoms with van der Waals surface area (Å²) in [6, 6.07) is 3.73. The Morgan fingerprint density at radius 3 is 2.62 bits per heavy atom. The molecule has 0 saturated carbocycles. The molecule has 0 spiro atoms. The van der Waals surface area contributed by atoms with Gasteiger partial charge in [-0.05, 0) is 18.2 Å². The number of carbonyl (C=O) groups is 1. The van der Waals surface area contributed by atoms with Gasteiger partial charge in [0.05, 0.1) is 16.0 Å². The highest BCUT2D eigenvalue weighted by Gasteiger charge is 2.24. The number of amides is 1. The third kappa shape index (κ3) is 3.11. The highest BCUT2D eigenvalue weighted by molar-refractivity contribution is 6.33. The number of rotatable bonds is 3. The van der Waals surface area contributed by atoms with E-state index in [1.807, 2.05) is 0 Å². The molecule has 0 aliphatic heterocycles. The van der Waals surface area contributed by atoms with E-state index in [2.05, 4.69) is 10.3 Å². The maximum atomic E-state index is 13.2. The fourth-order valence-electron chi connectivity index (χ4n) is 1.52. The molecule has 1 aromatic carbocycles. The molecule has 0 fully saturated rings. The topological polar surface area (TPSA) is 85.1 Å². The van der Waals surface area contributed by atoms with Crippen molar-refractivity contribution >= 4 is 29.0 Å². The van der Waals surface area contributed by atoms with Crippen LogP contribution in [0.25, 0.3) is 0 Å². The molecule has 108 valence electrons. The Morgan fingerprint density at radius 1 is 1.33 bits per heavy atom. The summed E-state index contributed by atoms with van der Waals surface area (Å²) in [7, 11) is 0. The number of nitro benzene ring substituents is 1. The van der Waals surface area contributed by atoms with Crippen LogP contribution in [0.15, 0.2) is 30.5 Å². The van der Waals surface area contributed by atoms with Crippen molar-refractivity contribution in [2.45, 2.75) is 0 Å². The van der Waals surface area contributed by atoms with Gasteiger partial charge in [0.2, 0.25) is 0 Å². The SMILES string of the molecule is O=C(Nc1ncccc1Cl)c1cc(F)c(F)cc1[N+](=O)[O-]. The van der Waals surface area contributed by atoms with Crippen LogP contribution in [-0.2, 0) is 0 Å². The van der Waals surface area contributed by atoms with Crippen molar-refractivity contribution in [1.29, 1.82) is 0 Å². The summed E-state index contributed by atoms with van der Waals surface area (Å²) in [5.74, 6) is -3.88. The van der Waals surface area contributed by atoms with Crippen LogP contribution in [-0.4, -0.2) is 15.8 Å². The standard InChI is InChI=1S/C12H6ClF2N3O3/c13-7-2-1-3-16-11(7)17-12(19)6-4-8(14)9(15)5-10(6)18(20)21/h1-5H,(H,16,17,19). The summed E-state index contributed by atoms with van der Waals surface area (Å²) in [5.41, 5.74) is -1.50. The number of carbonyl (C=O) groups excluding carboxylic acids is 1. The van der Waals surface area contributed by atoms with E-state index in [0.717, 1.165) is 0 Å². The minimum absolute atomic E-state index is 0.0526. The number of hydrogen-bond donors (Lipinski definition) is 1. The van der Waals surface area contributed by atoms with E-state index in [9.17, 15) is 23.7 Å². The molecule has 0 atom stereocenters. The van der Waals surface area contributed by atoms with Gasteiger partial charge < -0.3 is 5.32 Å². The Bertz CT molecular complexity index is 740. The number of hydrogen-bond acceptors (Lipinski definition) is 4. The number of anilines is 1. The molecule has 21 heavy (non-hydrogen) atoms. The van der Waals surface area contributed by atoms with Gasteiger partial charge >= 0.3 is 0 Å². The first-order chi connectivity index (χ1) is 9.90. The van der Waals surface area contributed by atoms with Crippen LogP contribution in [0.1, 0.15) is 10.4 Å². The van der Waals surface area contributed by atoms with Crippen molar-refractivity contribution < 1.29 is 18.5 Å². The van der Waals surface area contributed by atoms with Gasteiger partial charge in [-0.1, -0.05) is 11.6 Å². The molecule has 0 unspecified atom stereocenters. The van der Waals surface area contributed by atoms with Crippen molar-refractivity contribution in [3.05, 3.63) is 62.8 Å². The smallest absolute Gasteiger partial charge is 0.285 e. The van der Waals surface area contributed by atoms with Gasteiger partial charge in [0.15, 0.2) is 17.5 Å². The lowest BCUT2D eigenvalue weighted by Gasteiger charge is -2.07. The second-order valence-electron chi connectivity index (χ2n) is 3.83. The van der Waals surface area contributed by atoms with Gasteiger partial charge in [0.25, 0.3) is 11.6 Å². The van der Waals surface area contributed by atoms with Crippen LogP contribution in [0.5, 0.6) is 0 Å². The molecular weight excluding hydrogens is 308 g/mol. The number of aromatic nitrogens is 1. The maximum absolute atomic E-state index is 13.2. The molecule has 2 aromatic rings. The van der Waals surface area contributed by atoms with Crippen LogP contribution in [0.2, 0.25) is 5.02 Å². The first-order valence-corrected chi connectivity index (χ1v) is 5.83. The van der Waals surface area contributed by atoms with Gasteiger partial charge in [0.1, 0.15) is 5.56 Å². The average molecular weight is 314 g/mol. The molecule has 0 aliphatic carbocycles. The van der Waals surface area contributed by atoms with Gasteiger partial charge in [-0.2, -0.15) is 0 Å². The van der Waals surface area contributed by atoms with Crippen LogP contribution in [0.4, 0.5) is 20.3 Å². The van der Waals surface area contributed by atoms with Crippen LogP contribution < -0.4 is 5.32 Å². The quantitative estimate of drug-likeness (QED) is 0.696. The van der Waals surface area contributed by atoms with E-state index in [0.29, 0.717) is 12.1 Å². The zero-order valence-electron chi connectivity index (χ0n) is 10.1. The lowest BCUT2D eigenvalue weighted by molar-refractivity contribution is -0.385. The fourth-order valence-corrected chi connectivity index (χ4v) is 1.69. The minimum Gasteiger partial charge on any atom is -0.305 e. The van der Waals surface area contributed by atoms with Crippen molar-refractivity contribution in [1.82, 2.24) is 4.98 Å². The van der Waals surface area contributed by atoms with Gasteiger partial charge in [0, 0.05) is 6.20 Å². The molecule has 1 aromatic heterocycles. The zero-order valence-corrected chi connectivity index (χ0v) is 10.9. The lowest BCUT2D eigenvalue weighted by Crippen LogP contribution is -2.16. The predicted molar refractivity (Wildman–Crippen MR) is 70.2 cm³/mol. The summed E-state index contributed by atoms with van der Waals surface area (Å²) >= 11 is 5.77. The van der Waals surface area contributed by atoms with Gasteiger partial charge in [-0.15, -0.1) is 0 Å². The number of nitro groups is 1. The Morgan fingerprint density at radius 2 is 2.00 bits per heavy atom. The number of benzene rings is 1. The van der Waals surface area contributed by atoms with Crippen molar-refractivity contribution in [2.75, 3.05) is 5.32 Å². The van der Waals surface area contributed by atoms with E-state index in [4.69, 9.17) is 11.6 Å². The van der Waals surface area contributed by atoms with Gasteiger partial charge in [-0.25, -0.2) is 13.8 Å². The highest BCUT2D eigenvalue weighted by Crippen LogP contribution is 2.24. The second kappa shape index (κ2) is 5.80. The molecule has 9 heteroatoms. The molecule has 0 radical (unpaired) electrons. The Kier molecular flexibility index (Phi) is 4.08. The Hall–Kier alpha value is -2.61. The second-order valence-corrected chi connectivity index (χ2v) is 4.24.